The fraction of sp³-hybridized carbons (Fsp3) is 0.375. The number of aromatic nitrogens is 1. The summed E-state index contributed by atoms with van der Waals surface area (Å²) in [6.07, 6.45) is 0.0993. The van der Waals surface area contributed by atoms with Gasteiger partial charge in [-0.15, -0.1) is 0 Å². The predicted octanol–water partition coefficient (Wildman–Crippen LogP) is 1.46. The highest BCUT2D eigenvalue weighted by molar-refractivity contribution is 7.91. The number of hydrogen-bond acceptors (Lipinski definition) is 6. The summed E-state index contributed by atoms with van der Waals surface area (Å²) in [5, 5.41) is 16.4. The molecule has 0 aliphatic carbocycles. The Hall–Kier alpha value is -2.19. The minimum Gasteiger partial charge on any atom is -0.480 e. The molecule has 1 aromatic heterocycles. The van der Waals surface area contributed by atoms with Gasteiger partial charge in [-0.3, -0.25) is 10.1 Å². The molecule has 0 bridgehead atoms. The molecule has 7 nitrogen and oxygen atoms in total. The molecule has 1 aliphatic heterocycles. The maximum Gasteiger partial charge on any atom is 0.323 e. The summed E-state index contributed by atoms with van der Waals surface area (Å²) in [7, 11) is -3.14. The third kappa shape index (κ3) is 3.49. The van der Waals surface area contributed by atoms with E-state index in [0.29, 0.717) is 11.5 Å². The van der Waals surface area contributed by atoms with Gasteiger partial charge in [0.2, 0.25) is 0 Å². The maximum absolute atomic E-state index is 11.6. The van der Waals surface area contributed by atoms with Gasteiger partial charge in [0.25, 0.3) is 0 Å². The number of nitrogens with zero attached hydrogens (tertiary/aromatic N) is 1. The zero-order chi connectivity index (χ0) is 17.2. The van der Waals surface area contributed by atoms with Gasteiger partial charge >= 0.3 is 5.97 Å². The van der Waals surface area contributed by atoms with Crippen molar-refractivity contribution in [2.45, 2.75) is 24.9 Å². The minimum absolute atomic E-state index is 0.0497. The second-order valence-corrected chi connectivity index (χ2v) is 8.24. The van der Waals surface area contributed by atoms with Gasteiger partial charge in [0.1, 0.15) is 15.4 Å². The Kier molecular flexibility index (Phi) is 4.42. The number of rotatable bonds is 5. The van der Waals surface area contributed by atoms with Crippen LogP contribution in [0.3, 0.4) is 0 Å². The molecule has 0 atom stereocenters. The average molecular weight is 350 g/mol. The van der Waals surface area contributed by atoms with E-state index in [1.54, 1.807) is 6.07 Å². The number of nitrogens with one attached hydrogen (secondary N) is 1. The Morgan fingerprint density at radius 3 is 2.54 bits per heavy atom. The van der Waals surface area contributed by atoms with Crippen LogP contribution in [0.2, 0.25) is 0 Å². The number of carbonyl (C=O) groups is 1. The number of aliphatic carboxylic acids is 1. The Morgan fingerprint density at radius 1 is 1.25 bits per heavy atom. The van der Waals surface area contributed by atoms with E-state index in [2.05, 4.69) is 10.5 Å². The number of benzene rings is 1. The van der Waals surface area contributed by atoms with Crippen molar-refractivity contribution in [3.63, 3.8) is 0 Å². The van der Waals surface area contributed by atoms with Crippen LogP contribution in [-0.4, -0.2) is 41.7 Å². The van der Waals surface area contributed by atoms with Gasteiger partial charge in [-0.2, -0.15) is 0 Å². The molecule has 0 radical (unpaired) electrons. The molecule has 0 unspecified atom stereocenters. The Morgan fingerprint density at radius 2 is 1.92 bits per heavy atom. The molecule has 2 aromatic rings. The number of carboxylic acid groups (broad SMARTS) is 1. The van der Waals surface area contributed by atoms with Crippen LogP contribution in [0.4, 0.5) is 0 Å². The third-order valence-electron chi connectivity index (χ3n) is 4.31. The van der Waals surface area contributed by atoms with Gasteiger partial charge in [-0.25, -0.2) is 8.42 Å². The molecule has 2 N–H and O–H groups in total. The molecule has 8 heteroatoms. The lowest BCUT2D eigenvalue weighted by atomic mass is 9.92. The van der Waals surface area contributed by atoms with Crippen molar-refractivity contribution in [1.29, 1.82) is 0 Å². The van der Waals surface area contributed by atoms with Crippen molar-refractivity contribution in [3.05, 3.63) is 42.1 Å². The van der Waals surface area contributed by atoms with Crippen LogP contribution in [0.1, 0.15) is 18.5 Å². The topological polar surface area (TPSA) is 110 Å². The summed E-state index contributed by atoms with van der Waals surface area (Å²) in [4.78, 5) is 11.6. The molecule has 0 amide bonds. The normalized spacial score (nSPS) is 19.0. The summed E-state index contributed by atoms with van der Waals surface area (Å²) in [5.41, 5.74) is 0.216. The molecule has 1 aromatic carbocycles. The average Bonchev–Trinajstić information content (AvgIpc) is 3.04. The van der Waals surface area contributed by atoms with Gasteiger partial charge in [0, 0.05) is 18.2 Å². The van der Waals surface area contributed by atoms with Crippen molar-refractivity contribution in [2.24, 2.45) is 0 Å². The van der Waals surface area contributed by atoms with Crippen LogP contribution in [0, 0.1) is 0 Å². The Balaban J connectivity index is 1.70. The van der Waals surface area contributed by atoms with Crippen molar-refractivity contribution in [3.8, 4) is 11.3 Å². The molecule has 1 saturated heterocycles. The molecular weight excluding hydrogens is 332 g/mol. The van der Waals surface area contributed by atoms with E-state index in [9.17, 15) is 18.3 Å². The first-order valence-electron chi connectivity index (χ1n) is 7.60. The SMILES string of the molecule is O=C(O)C1(NCc2cc(-c3ccccc3)on2)CCS(=O)(=O)CC1. The molecule has 0 saturated carbocycles. The molecule has 0 spiro atoms. The quantitative estimate of drug-likeness (QED) is 0.840. The summed E-state index contributed by atoms with van der Waals surface area (Å²) in [6.45, 7) is 0.197. The predicted molar refractivity (Wildman–Crippen MR) is 87.0 cm³/mol. The molecule has 3 rings (SSSR count). The zero-order valence-electron chi connectivity index (χ0n) is 12.9. The van der Waals surface area contributed by atoms with E-state index < -0.39 is 21.3 Å². The summed E-state index contributed by atoms with van der Waals surface area (Å²) in [5.74, 6) is -0.687. The van der Waals surface area contributed by atoms with E-state index in [4.69, 9.17) is 4.52 Å². The van der Waals surface area contributed by atoms with Gasteiger partial charge in [0.15, 0.2) is 5.76 Å². The van der Waals surface area contributed by atoms with Crippen molar-refractivity contribution in [2.75, 3.05) is 11.5 Å². The van der Waals surface area contributed by atoms with Gasteiger partial charge in [-0.05, 0) is 12.8 Å². The largest absolute Gasteiger partial charge is 0.480 e. The monoisotopic (exact) mass is 350 g/mol. The van der Waals surface area contributed by atoms with Crippen molar-refractivity contribution in [1.82, 2.24) is 10.5 Å². The first kappa shape index (κ1) is 16.7. The molecule has 1 fully saturated rings. The Bertz CT molecular complexity index is 815. The van der Waals surface area contributed by atoms with Crippen LogP contribution in [0.15, 0.2) is 40.9 Å². The fourth-order valence-electron chi connectivity index (χ4n) is 2.75. The van der Waals surface area contributed by atoms with E-state index in [0.717, 1.165) is 5.56 Å². The summed E-state index contributed by atoms with van der Waals surface area (Å²) >= 11 is 0. The molecule has 24 heavy (non-hydrogen) atoms. The highest BCUT2D eigenvalue weighted by Crippen LogP contribution is 2.25. The van der Waals surface area contributed by atoms with Crippen LogP contribution in [-0.2, 0) is 21.2 Å². The van der Waals surface area contributed by atoms with Crippen LogP contribution >= 0.6 is 0 Å². The smallest absolute Gasteiger partial charge is 0.323 e. The number of hydrogen-bond donors (Lipinski definition) is 2. The lowest BCUT2D eigenvalue weighted by molar-refractivity contribution is -0.145. The van der Waals surface area contributed by atoms with Crippen LogP contribution < -0.4 is 5.32 Å². The third-order valence-corrected chi connectivity index (χ3v) is 5.97. The molecular formula is C16H18N2O5S. The first-order chi connectivity index (χ1) is 11.4. The fourth-order valence-corrected chi connectivity index (χ4v) is 4.27. The van der Waals surface area contributed by atoms with E-state index in [1.165, 1.54) is 0 Å². The Labute approximate surface area is 139 Å². The second-order valence-electron chi connectivity index (χ2n) is 5.94. The van der Waals surface area contributed by atoms with Crippen LogP contribution in [0.25, 0.3) is 11.3 Å². The highest BCUT2D eigenvalue weighted by atomic mass is 32.2. The molecule has 2 heterocycles. The molecule has 1 aliphatic rings. The van der Waals surface area contributed by atoms with Gasteiger partial charge in [0.05, 0.1) is 17.2 Å². The minimum atomic E-state index is -3.14. The standard InChI is InChI=1S/C16H18N2O5S/c19-15(20)16(6-8-24(21,22)9-7-16)17-11-13-10-14(23-18-13)12-4-2-1-3-5-12/h1-5,10,17H,6-9,11H2,(H,19,20). The van der Waals surface area contributed by atoms with Crippen molar-refractivity contribution < 1.29 is 22.8 Å². The lowest BCUT2D eigenvalue weighted by Crippen LogP contribution is -2.56. The lowest BCUT2D eigenvalue weighted by Gasteiger charge is -2.33. The van der Waals surface area contributed by atoms with Gasteiger partial charge < -0.3 is 9.63 Å². The number of carboxylic acids is 1. The van der Waals surface area contributed by atoms with Gasteiger partial charge in [-0.1, -0.05) is 35.5 Å². The molecule has 128 valence electrons. The summed E-state index contributed by atoms with van der Waals surface area (Å²) < 4.78 is 28.4. The summed E-state index contributed by atoms with van der Waals surface area (Å²) in [6, 6.07) is 11.2. The second kappa shape index (κ2) is 6.37. The van der Waals surface area contributed by atoms with Crippen LogP contribution in [0.5, 0.6) is 0 Å². The van der Waals surface area contributed by atoms with Crippen molar-refractivity contribution >= 4 is 15.8 Å². The van der Waals surface area contributed by atoms with E-state index >= 15 is 0 Å². The number of sulfone groups is 1. The first-order valence-corrected chi connectivity index (χ1v) is 9.42. The maximum atomic E-state index is 11.6. The highest BCUT2D eigenvalue weighted by Gasteiger charge is 2.43. The van der Waals surface area contributed by atoms with E-state index in [1.807, 2.05) is 30.3 Å². The van der Waals surface area contributed by atoms with E-state index in [-0.39, 0.29) is 30.9 Å². The zero-order valence-corrected chi connectivity index (χ0v) is 13.8.